The van der Waals surface area contributed by atoms with Crippen molar-refractivity contribution in [1.82, 2.24) is 4.98 Å². The van der Waals surface area contributed by atoms with Crippen molar-refractivity contribution in [2.75, 3.05) is 0 Å². The number of carbonyl (C=O) groups is 1. The van der Waals surface area contributed by atoms with Gasteiger partial charge in [-0.3, -0.25) is 4.98 Å². The van der Waals surface area contributed by atoms with Gasteiger partial charge in [-0.1, -0.05) is 0 Å². The van der Waals surface area contributed by atoms with Crippen LogP contribution in [0.3, 0.4) is 0 Å². The van der Waals surface area contributed by atoms with Crippen molar-refractivity contribution in [3.05, 3.63) is 28.5 Å². The number of rotatable bonds is 4. The minimum absolute atomic E-state index is 0.209. The molecule has 1 heterocycles. The summed E-state index contributed by atoms with van der Waals surface area (Å²) in [4.78, 5) is 14.5. The predicted molar refractivity (Wildman–Crippen MR) is 53.8 cm³/mol. The van der Waals surface area contributed by atoms with Crippen molar-refractivity contribution >= 4 is 21.9 Å². The third kappa shape index (κ3) is 3.43. The van der Waals surface area contributed by atoms with E-state index in [4.69, 9.17) is 9.84 Å². The molecule has 0 bridgehead atoms. The molecule has 0 fully saturated rings. The topological polar surface area (TPSA) is 59.4 Å². The van der Waals surface area contributed by atoms with E-state index in [1.54, 1.807) is 12.3 Å². The van der Waals surface area contributed by atoms with Crippen LogP contribution >= 0.6 is 15.9 Å². The number of aromatic nitrogens is 1. The molecule has 1 rings (SSSR count). The molecule has 1 aromatic rings. The Morgan fingerprint density at radius 3 is 2.93 bits per heavy atom. The Morgan fingerprint density at radius 1 is 1.71 bits per heavy atom. The third-order valence-corrected chi connectivity index (χ3v) is 2.09. The van der Waals surface area contributed by atoms with Crippen LogP contribution in [0.5, 0.6) is 0 Å². The number of halogens is 1. The van der Waals surface area contributed by atoms with E-state index in [0.29, 0.717) is 5.69 Å². The van der Waals surface area contributed by atoms with Crippen LogP contribution in [-0.4, -0.2) is 22.2 Å². The van der Waals surface area contributed by atoms with Crippen molar-refractivity contribution in [3.8, 4) is 0 Å². The molecule has 4 nitrogen and oxygen atoms in total. The highest BCUT2D eigenvalue weighted by molar-refractivity contribution is 9.10. The fourth-order valence-electron chi connectivity index (χ4n) is 0.773. The molecule has 0 saturated carbocycles. The number of aliphatic carboxylic acids is 1. The maximum Gasteiger partial charge on any atom is 0.332 e. The summed E-state index contributed by atoms with van der Waals surface area (Å²) in [6.45, 7) is 1.70. The zero-order valence-corrected chi connectivity index (χ0v) is 9.19. The van der Waals surface area contributed by atoms with Crippen molar-refractivity contribution in [1.29, 1.82) is 0 Å². The van der Waals surface area contributed by atoms with Gasteiger partial charge in [0.15, 0.2) is 6.10 Å². The van der Waals surface area contributed by atoms with E-state index >= 15 is 0 Å². The molecular formula is C9H10BrNO3. The van der Waals surface area contributed by atoms with Gasteiger partial charge in [-0.2, -0.15) is 0 Å². The second kappa shape index (κ2) is 5.07. The molecule has 0 aliphatic carbocycles. The van der Waals surface area contributed by atoms with Crippen LogP contribution in [-0.2, 0) is 16.1 Å². The zero-order chi connectivity index (χ0) is 10.6. The first kappa shape index (κ1) is 11.1. The van der Waals surface area contributed by atoms with Crippen LogP contribution in [0.1, 0.15) is 12.6 Å². The molecule has 0 amide bonds. The SMILES string of the molecule is C[C@H](OCc1ccc(Br)cn1)C(=O)O. The average molecular weight is 260 g/mol. The fraction of sp³-hybridized carbons (Fsp3) is 0.333. The summed E-state index contributed by atoms with van der Waals surface area (Å²) in [6.07, 6.45) is 0.838. The van der Waals surface area contributed by atoms with E-state index in [9.17, 15) is 4.79 Å². The highest BCUT2D eigenvalue weighted by Gasteiger charge is 2.10. The number of ether oxygens (including phenoxy) is 1. The first-order valence-corrected chi connectivity index (χ1v) is 4.83. The van der Waals surface area contributed by atoms with Crippen LogP contribution in [0.15, 0.2) is 22.8 Å². The standard InChI is InChI=1S/C9H10BrNO3/c1-6(9(12)13)14-5-8-3-2-7(10)4-11-8/h2-4,6H,5H2,1H3,(H,12,13)/t6-/m0/s1. The zero-order valence-electron chi connectivity index (χ0n) is 7.61. The molecule has 1 aromatic heterocycles. The van der Waals surface area contributed by atoms with Crippen molar-refractivity contribution in [3.63, 3.8) is 0 Å². The summed E-state index contributed by atoms with van der Waals surface area (Å²) in [7, 11) is 0. The van der Waals surface area contributed by atoms with Crippen LogP contribution in [0.4, 0.5) is 0 Å². The molecule has 0 aliphatic heterocycles. The minimum Gasteiger partial charge on any atom is -0.479 e. The monoisotopic (exact) mass is 259 g/mol. The van der Waals surface area contributed by atoms with Crippen LogP contribution in [0.25, 0.3) is 0 Å². The summed E-state index contributed by atoms with van der Waals surface area (Å²) in [6, 6.07) is 3.61. The Morgan fingerprint density at radius 2 is 2.43 bits per heavy atom. The minimum atomic E-state index is -0.970. The van der Waals surface area contributed by atoms with Gasteiger partial charge < -0.3 is 9.84 Å². The first-order chi connectivity index (χ1) is 6.59. The predicted octanol–water partition coefficient (Wildman–Crippen LogP) is 1.83. The Labute approximate surface area is 90.0 Å². The van der Waals surface area contributed by atoms with Gasteiger partial charge in [0.05, 0.1) is 12.3 Å². The van der Waals surface area contributed by atoms with E-state index in [1.165, 1.54) is 6.92 Å². The van der Waals surface area contributed by atoms with Gasteiger partial charge in [0, 0.05) is 10.7 Å². The molecule has 5 heteroatoms. The molecule has 0 spiro atoms. The van der Waals surface area contributed by atoms with E-state index in [-0.39, 0.29) is 6.61 Å². The maximum absolute atomic E-state index is 10.4. The molecular weight excluding hydrogens is 250 g/mol. The lowest BCUT2D eigenvalue weighted by atomic mass is 10.3. The number of nitrogens with zero attached hydrogens (tertiary/aromatic N) is 1. The van der Waals surface area contributed by atoms with Gasteiger partial charge in [0.1, 0.15) is 0 Å². The largest absolute Gasteiger partial charge is 0.479 e. The summed E-state index contributed by atoms with van der Waals surface area (Å²) >= 11 is 3.25. The van der Waals surface area contributed by atoms with Crippen LogP contribution < -0.4 is 0 Å². The van der Waals surface area contributed by atoms with Crippen molar-refractivity contribution in [2.24, 2.45) is 0 Å². The fourth-order valence-corrected chi connectivity index (χ4v) is 1.01. The quantitative estimate of drug-likeness (QED) is 0.897. The Hall–Kier alpha value is -0.940. The van der Waals surface area contributed by atoms with Gasteiger partial charge >= 0.3 is 5.97 Å². The molecule has 1 atom stereocenters. The Kier molecular flexibility index (Phi) is 4.03. The highest BCUT2D eigenvalue weighted by atomic mass is 79.9. The second-order valence-electron chi connectivity index (χ2n) is 2.76. The van der Waals surface area contributed by atoms with Gasteiger partial charge in [0.2, 0.25) is 0 Å². The normalized spacial score (nSPS) is 12.4. The lowest BCUT2D eigenvalue weighted by Crippen LogP contribution is -2.19. The molecule has 14 heavy (non-hydrogen) atoms. The molecule has 76 valence electrons. The maximum atomic E-state index is 10.4. The van der Waals surface area contributed by atoms with Crippen LogP contribution in [0, 0.1) is 0 Å². The molecule has 0 radical (unpaired) electrons. The highest BCUT2D eigenvalue weighted by Crippen LogP contribution is 2.08. The number of pyridine rings is 1. The summed E-state index contributed by atoms with van der Waals surface area (Å²) in [5.74, 6) is -0.970. The smallest absolute Gasteiger partial charge is 0.332 e. The second-order valence-corrected chi connectivity index (χ2v) is 3.67. The number of hydrogen-bond donors (Lipinski definition) is 1. The molecule has 0 unspecified atom stereocenters. The molecule has 1 N–H and O–H groups in total. The lowest BCUT2D eigenvalue weighted by molar-refractivity contribution is -0.149. The number of carboxylic acids is 1. The van der Waals surface area contributed by atoms with Gasteiger partial charge in [0.25, 0.3) is 0 Å². The van der Waals surface area contributed by atoms with E-state index in [0.717, 1.165) is 4.47 Å². The van der Waals surface area contributed by atoms with E-state index in [2.05, 4.69) is 20.9 Å². The van der Waals surface area contributed by atoms with Crippen LogP contribution in [0.2, 0.25) is 0 Å². The van der Waals surface area contributed by atoms with Gasteiger partial charge in [-0.05, 0) is 35.0 Å². The summed E-state index contributed by atoms with van der Waals surface area (Å²) < 4.78 is 5.93. The Balaban J connectivity index is 2.46. The van der Waals surface area contributed by atoms with Gasteiger partial charge in [-0.25, -0.2) is 4.79 Å². The van der Waals surface area contributed by atoms with E-state index in [1.807, 2.05) is 6.07 Å². The molecule has 0 aromatic carbocycles. The summed E-state index contributed by atoms with van der Waals surface area (Å²) in [5.41, 5.74) is 0.710. The average Bonchev–Trinajstić information content (AvgIpc) is 2.16. The third-order valence-electron chi connectivity index (χ3n) is 1.62. The summed E-state index contributed by atoms with van der Waals surface area (Å²) in [5, 5.41) is 8.55. The Bertz CT molecular complexity index is 312. The van der Waals surface area contributed by atoms with E-state index < -0.39 is 12.1 Å². The first-order valence-electron chi connectivity index (χ1n) is 4.04. The van der Waals surface area contributed by atoms with Crippen molar-refractivity contribution in [2.45, 2.75) is 19.6 Å². The lowest BCUT2D eigenvalue weighted by Gasteiger charge is -2.07. The molecule has 0 saturated heterocycles. The molecule has 0 aliphatic rings. The van der Waals surface area contributed by atoms with Gasteiger partial charge in [-0.15, -0.1) is 0 Å². The number of carboxylic acid groups (broad SMARTS) is 1. The number of hydrogen-bond acceptors (Lipinski definition) is 3. The van der Waals surface area contributed by atoms with Crippen molar-refractivity contribution < 1.29 is 14.6 Å².